The van der Waals surface area contributed by atoms with Crippen LogP contribution in [0.15, 0.2) is 24.8 Å². The van der Waals surface area contributed by atoms with Crippen molar-refractivity contribution in [2.75, 3.05) is 0 Å². The van der Waals surface area contributed by atoms with Crippen LogP contribution in [0, 0.1) is 0 Å². The van der Waals surface area contributed by atoms with E-state index in [-0.39, 0.29) is 5.04 Å². The lowest BCUT2D eigenvalue weighted by molar-refractivity contribution is 0.499. The summed E-state index contributed by atoms with van der Waals surface area (Å²) in [5.74, 6) is 1.08. The third-order valence-electron chi connectivity index (χ3n) is 4.51. The van der Waals surface area contributed by atoms with Crippen LogP contribution in [-0.2, 0) is 0 Å². The molecule has 2 heterocycles. The van der Waals surface area contributed by atoms with Crippen molar-refractivity contribution < 1.29 is 4.43 Å². The van der Waals surface area contributed by atoms with Gasteiger partial charge in [0, 0.05) is 18.6 Å². The average molecular weight is 321 g/mol. The molecule has 0 radical (unpaired) electrons. The van der Waals surface area contributed by atoms with Gasteiger partial charge in [-0.25, -0.2) is 0 Å². The fourth-order valence-electron chi connectivity index (χ4n) is 2.04. The summed E-state index contributed by atoms with van der Waals surface area (Å²) in [7, 11) is -3.33. The normalized spacial score (nSPS) is 13.7. The van der Waals surface area contributed by atoms with Crippen LogP contribution < -0.4 is 9.61 Å². The van der Waals surface area contributed by atoms with Crippen LogP contribution in [0.2, 0.25) is 37.8 Å². The number of hydrogen-bond acceptors (Lipinski definition) is 2. The Morgan fingerprint density at radius 3 is 2.24 bits per heavy atom. The van der Waals surface area contributed by atoms with Crippen molar-refractivity contribution in [3.05, 3.63) is 24.8 Å². The van der Waals surface area contributed by atoms with Gasteiger partial charge in [0.05, 0.1) is 14.3 Å². The molecule has 116 valence electrons. The van der Waals surface area contributed by atoms with Crippen LogP contribution in [0.5, 0.6) is 5.75 Å². The van der Waals surface area contributed by atoms with Crippen LogP contribution in [0.4, 0.5) is 0 Å². The molecular formula is C16H28N2OSi2. The van der Waals surface area contributed by atoms with Gasteiger partial charge in [0.1, 0.15) is 11.3 Å². The SMILES string of the molecule is CC(C)(C)[Si](C)(C)Oc1c([Si](C)(C)C)cn2ccncc12. The van der Waals surface area contributed by atoms with E-state index in [9.17, 15) is 0 Å². The average Bonchev–Trinajstić information content (AvgIpc) is 2.66. The predicted octanol–water partition coefficient (Wildman–Crippen LogP) is 4.26. The zero-order valence-electron chi connectivity index (χ0n) is 14.6. The molecule has 0 bridgehead atoms. The van der Waals surface area contributed by atoms with Crippen LogP contribution in [-0.4, -0.2) is 25.8 Å². The Hall–Kier alpha value is -1.08. The van der Waals surface area contributed by atoms with Crippen molar-refractivity contribution in [3.8, 4) is 5.75 Å². The second-order valence-electron chi connectivity index (χ2n) is 8.35. The maximum absolute atomic E-state index is 6.69. The van der Waals surface area contributed by atoms with E-state index in [4.69, 9.17) is 4.43 Å². The van der Waals surface area contributed by atoms with Crippen LogP contribution in [0.1, 0.15) is 20.8 Å². The Morgan fingerprint density at radius 2 is 1.71 bits per heavy atom. The highest BCUT2D eigenvalue weighted by Gasteiger charge is 2.40. The van der Waals surface area contributed by atoms with Gasteiger partial charge in [-0.1, -0.05) is 40.4 Å². The predicted molar refractivity (Wildman–Crippen MR) is 96.0 cm³/mol. The van der Waals surface area contributed by atoms with E-state index >= 15 is 0 Å². The molecule has 0 saturated heterocycles. The lowest BCUT2D eigenvalue weighted by Gasteiger charge is -2.37. The molecule has 0 aliphatic heterocycles. The van der Waals surface area contributed by atoms with E-state index in [1.807, 2.05) is 18.6 Å². The van der Waals surface area contributed by atoms with Gasteiger partial charge < -0.3 is 8.83 Å². The third kappa shape index (κ3) is 3.08. The molecule has 0 atom stereocenters. The van der Waals surface area contributed by atoms with E-state index in [0.717, 1.165) is 11.3 Å². The molecule has 0 aromatic carbocycles. The van der Waals surface area contributed by atoms with Crippen LogP contribution in [0.3, 0.4) is 0 Å². The first-order valence-corrected chi connectivity index (χ1v) is 14.0. The second kappa shape index (κ2) is 4.98. The minimum atomic E-state index is -1.86. The van der Waals surface area contributed by atoms with Crippen molar-refractivity contribution in [1.29, 1.82) is 0 Å². The van der Waals surface area contributed by atoms with Gasteiger partial charge in [-0.3, -0.25) is 4.98 Å². The lowest BCUT2D eigenvalue weighted by Crippen LogP contribution is -2.47. The fraction of sp³-hybridized carbons (Fsp3) is 0.562. The Bertz CT molecular complexity index is 648. The first kappa shape index (κ1) is 16.3. The van der Waals surface area contributed by atoms with Crippen LogP contribution >= 0.6 is 0 Å². The van der Waals surface area contributed by atoms with Gasteiger partial charge in [-0.2, -0.15) is 0 Å². The fourth-order valence-corrected chi connectivity index (χ4v) is 4.56. The molecular weight excluding hydrogens is 292 g/mol. The highest BCUT2D eigenvalue weighted by atomic mass is 28.4. The van der Waals surface area contributed by atoms with Crippen molar-refractivity contribution in [2.24, 2.45) is 0 Å². The maximum Gasteiger partial charge on any atom is 0.250 e. The first-order valence-electron chi connectivity index (χ1n) is 7.58. The number of rotatable bonds is 3. The summed E-state index contributed by atoms with van der Waals surface area (Å²) in [6, 6.07) is 0. The number of fused-ring (bicyclic) bond motifs is 1. The summed E-state index contributed by atoms with van der Waals surface area (Å²) < 4.78 is 8.85. The molecule has 0 saturated carbocycles. The Labute approximate surface area is 130 Å². The van der Waals surface area contributed by atoms with Gasteiger partial charge >= 0.3 is 0 Å². The molecule has 3 nitrogen and oxygen atoms in total. The van der Waals surface area contributed by atoms with E-state index in [2.05, 4.69) is 69.1 Å². The molecule has 0 amide bonds. The Kier molecular flexibility index (Phi) is 3.87. The van der Waals surface area contributed by atoms with Crippen LogP contribution in [0.25, 0.3) is 5.52 Å². The summed E-state index contributed by atoms with van der Waals surface area (Å²) in [5, 5.41) is 1.58. The van der Waals surface area contributed by atoms with Gasteiger partial charge in [-0.05, 0) is 23.3 Å². The molecule has 2 aromatic heterocycles. The van der Waals surface area contributed by atoms with Crippen molar-refractivity contribution in [3.63, 3.8) is 0 Å². The van der Waals surface area contributed by atoms with Gasteiger partial charge in [-0.15, -0.1) is 0 Å². The molecule has 0 fully saturated rings. The number of aromatic nitrogens is 2. The summed E-state index contributed by atoms with van der Waals surface area (Å²) in [6.07, 6.45) is 8.01. The lowest BCUT2D eigenvalue weighted by atomic mass is 10.2. The summed E-state index contributed by atoms with van der Waals surface area (Å²) >= 11 is 0. The topological polar surface area (TPSA) is 26.5 Å². The van der Waals surface area contributed by atoms with Crippen molar-refractivity contribution in [2.45, 2.75) is 58.5 Å². The molecule has 0 aliphatic carbocycles. The number of nitrogens with zero attached hydrogens (tertiary/aromatic N) is 2. The van der Waals surface area contributed by atoms with Gasteiger partial charge in [0.15, 0.2) is 0 Å². The minimum Gasteiger partial charge on any atom is -0.542 e. The standard InChI is InChI=1S/C16H28N2OSi2/c1-16(2,3)21(7,8)19-15-13-11-17-9-10-18(13)12-14(15)20(4,5)6/h9-12H,1-8H3. The quantitative estimate of drug-likeness (QED) is 0.790. The smallest absolute Gasteiger partial charge is 0.250 e. The monoisotopic (exact) mass is 320 g/mol. The third-order valence-corrected chi connectivity index (χ3v) is 10.8. The van der Waals surface area contributed by atoms with E-state index in [1.54, 1.807) is 0 Å². The summed E-state index contributed by atoms with van der Waals surface area (Å²) in [6.45, 7) is 18.6. The summed E-state index contributed by atoms with van der Waals surface area (Å²) in [5.41, 5.74) is 1.10. The van der Waals surface area contributed by atoms with Crippen molar-refractivity contribution >= 4 is 27.1 Å². The van der Waals surface area contributed by atoms with E-state index in [0.29, 0.717) is 0 Å². The van der Waals surface area contributed by atoms with Crippen molar-refractivity contribution in [1.82, 2.24) is 9.38 Å². The van der Waals surface area contributed by atoms with E-state index in [1.165, 1.54) is 5.19 Å². The highest BCUT2D eigenvalue weighted by molar-refractivity contribution is 6.89. The molecule has 0 unspecified atom stereocenters. The molecule has 0 aliphatic rings. The molecule has 21 heavy (non-hydrogen) atoms. The second-order valence-corrected chi connectivity index (χ2v) is 18.1. The maximum atomic E-state index is 6.69. The molecule has 2 rings (SSSR count). The zero-order valence-corrected chi connectivity index (χ0v) is 16.6. The number of hydrogen-bond donors (Lipinski definition) is 0. The van der Waals surface area contributed by atoms with E-state index < -0.39 is 16.4 Å². The van der Waals surface area contributed by atoms with Gasteiger partial charge in [0.2, 0.25) is 0 Å². The molecule has 5 heteroatoms. The summed E-state index contributed by atoms with van der Waals surface area (Å²) in [4.78, 5) is 4.29. The Balaban J connectivity index is 2.62. The van der Waals surface area contributed by atoms with Gasteiger partial charge in [0.25, 0.3) is 8.32 Å². The molecule has 2 aromatic rings. The highest BCUT2D eigenvalue weighted by Crippen LogP contribution is 2.38. The first-order chi connectivity index (χ1) is 9.43. The molecule has 0 spiro atoms. The minimum absolute atomic E-state index is 0.195. The molecule has 0 N–H and O–H groups in total. The zero-order chi connectivity index (χ0) is 16.1. The largest absolute Gasteiger partial charge is 0.542 e. The Morgan fingerprint density at radius 1 is 1.10 bits per heavy atom.